The van der Waals surface area contributed by atoms with Gasteiger partial charge in [-0.3, -0.25) is 39.9 Å². The van der Waals surface area contributed by atoms with Gasteiger partial charge in [0.1, 0.15) is 45.7 Å². The minimum Gasteiger partial charge on any atom is -0.465 e. The Kier molecular flexibility index (Phi) is 18.0. The van der Waals surface area contributed by atoms with Crippen LogP contribution in [0.15, 0.2) is 146 Å². The normalized spacial score (nSPS) is 14.1. The number of carbonyl (C=O) groups is 2. The zero-order chi connectivity index (χ0) is 52.0. The summed E-state index contributed by atoms with van der Waals surface area (Å²) >= 11 is 0. The van der Waals surface area contributed by atoms with Crippen molar-refractivity contribution in [2.45, 2.75) is 90.4 Å². The first-order chi connectivity index (χ1) is 34.5. The van der Waals surface area contributed by atoms with E-state index in [0.717, 1.165) is 40.7 Å². The summed E-state index contributed by atoms with van der Waals surface area (Å²) in [6.45, 7) is 9.46. The average molecular weight is 980 g/mol. The van der Waals surface area contributed by atoms with E-state index in [-0.39, 0.29) is 41.4 Å². The molecule has 6 aromatic rings. The molecule has 0 saturated heterocycles. The SMILES string of the molecule is CCCC(C[N+](=O)[O-])c1ccc(Oc2ccc(C(C)(c3ccc(Oc4ccc(C(CCC)C[N+](=O)[O-])cc4)cc3)c3ccc(Oc4ccc(C(C[N+](=O)[O-])C(C)(C(C)=O)C(=O)OCC)cc4)cc3)cc2)cc1. The summed E-state index contributed by atoms with van der Waals surface area (Å²) < 4.78 is 23.9. The molecule has 15 heteroatoms. The van der Waals surface area contributed by atoms with E-state index in [4.69, 9.17) is 18.9 Å². The van der Waals surface area contributed by atoms with Crippen molar-refractivity contribution < 1.29 is 43.3 Å². The van der Waals surface area contributed by atoms with Crippen molar-refractivity contribution in [3.05, 3.63) is 209 Å². The molecule has 0 bridgehead atoms. The van der Waals surface area contributed by atoms with Gasteiger partial charge in [-0.25, -0.2) is 0 Å². The van der Waals surface area contributed by atoms with Crippen LogP contribution in [-0.4, -0.2) is 52.8 Å². The number of ketones is 1. The summed E-state index contributed by atoms with van der Waals surface area (Å²) in [6.07, 6.45) is 3.09. The molecule has 376 valence electrons. The third kappa shape index (κ3) is 13.1. The molecule has 4 unspecified atom stereocenters. The summed E-state index contributed by atoms with van der Waals surface area (Å²) in [5, 5.41) is 34.4. The van der Waals surface area contributed by atoms with Gasteiger partial charge in [-0.15, -0.1) is 0 Å². The van der Waals surface area contributed by atoms with Crippen molar-refractivity contribution in [3.8, 4) is 34.5 Å². The van der Waals surface area contributed by atoms with Crippen LogP contribution in [0, 0.1) is 35.8 Å². The molecular weight excluding hydrogens is 919 g/mol. The second-order valence-corrected chi connectivity index (χ2v) is 18.3. The molecule has 0 heterocycles. The topological polar surface area (TPSA) is 200 Å². The highest BCUT2D eigenvalue weighted by atomic mass is 16.6. The van der Waals surface area contributed by atoms with E-state index in [1.165, 1.54) is 13.8 Å². The fraction of sp³-hybridized carbons (Fsp3) is 0.333. The van der Waals surface area contributed by atoms with Gasteiger partial charge in [0.2, 0.25) is 19.6 Å². The number of rotatable bonds is 26. The zero-order valence-electron chi connectivity index (χ0n) is 41.5. The van der Waals surface area contributed by atoms with Gasteiger partial charge in [0.05, 0.1) is 12.5 Å². The molecule has 0 aliphatic carbocycles. The van der Waals surface area contributed by atoms with E-state index in [0.29, 0.717) is 52.9 Å². The number of nitro groups is 3. The highest BCUT2D eigenvalue weighted by Crippen LogP contribution is 2.43. The number of nitrogens with zero attached hydrogens (tertiary/aromatic N) is 3. The lowest BCUT2D eigenvalue weighted by Crippen LogP contribution is -2.44. The summed E-state index contributed by atoms with van der Waals surface area (Å²) in [5.41, 5.74) is 2.51. The molecule has 15 nitrogen and oxygen atoms in total. The average Bonchev–Trinajstić information content (AvgIpc) is 3.36. The van der Waals surface area contributed by atoms with Crippen molar-refractivity contribution >= 4 is 11.8 Å². The number of Topliss-reactive ketones (excluding diaryl/α,β-unsaturated/α-hetero) is 1. The number of esters is 1. The maximum Gasteiger partial charge on any atom is 0.320 e. The van der Waals surface area contributed by atoms with Gasteiger partial charge in [-0.05, 0) is 147 Å². The minimum absolute atomic E-state index is 0.0162. The maximum absolute atomic E-state index is 13.1. The van der Waals surface area contributed by atoms with Crippen LogP contribution in [0.1, 0.15) is 118 Å². The summed E-state index contributed by atoms with van der Waals surface area (Å²) in [7, 11) is 0. The van der Waals surface area contributed by atoms with Crippen LogP contribution in [0.25, 0.3) is 0 Å². The lowest BCUT2D eigenvalue weighted by Gasteiger charge is -2.32. The lowest BCUT2D eigenvalue weighted by molar-refractivity contribution is -0.485. The van der Waals surface area contributed by atoms with Crippen LogP contribution >= 0.6 is 0 Å². The molecular formula is C57H61N3O12. The Morgan fingerprint density at radius 2 is 0.764 bits per heavy atom. The number of benzene rings is 6. The maximum atomic E-state index is 13.1. The first-order valence-corrected chi connectivity index (χ1v) is 24.2. The molecule has 6 rings (SSSR count). The van der Waals surface area contributed by atoms with Crippen LogP contribution in [0.3, 0.4) is 0 Å². The van der Waals surface area contributed by atoms with Gasteiger partial charge in [0.25, 0.3) is 0 Å². The Morgan fingerprint density at radius 3 is 1.03 bits per heavy atom. The quantitative estimate of drug-likeness (QED) is 0.0164. The number of ether oxygens (including phenoxy) is 4. The molecule has 72 heavy (non-hydrogen) atoms. The minimum atomic E-state index is -1.78. The van der Waals surface area contributed by atoms with Crippen molar-refractivity contribution in [3.63, 3.8) is 0 Å². The molecule has 0 radical (unpaired) electrons. The monoisotopic (exact) mass is 979 g/mol. The van der Waals surface area contributed by atoms with E-state index >= 15 is 0 Å². The predicted octanol–water partition coefficient (Wildman–Crippen LogP) is 13.3. The standard InChI is InChI=1S/C57H61N3O12/c1-7-10-43(36-58(63)64)40-12-24-48(25-13-40)70-51-30-18-45(19-31-51)57(6,46-20-32-52(33-21-46)71-49-26-14-41(15-27-49)44(11-8-2)37-59(65)66)47-22-34-53(35-23-47)72-50-28-16-42(17-29-50)54(38-60(67)68)56(5,39(4)61)55(62)69-9-3/h12-35,43-44,54H,7-11,36-38H2,1-6H3. The highest BCUT2D eigenvalue weighted by Gasteiger charge is 2.50. The van der Waals surface area contributed by atoms with Crippen LogP contribution in [0.5, 0.6) is 34.5 Å². The fourth-order valence-electron chi connectivity index (χ4n) is 9.23. The molecule has 0 N–H and O–H groups in total. The van der Waals surface area contributed by atoms with E-state index in [1.54, 1.807) is 31.2 Å². The second-order valence-electron chi connectivity index (χ2n) is 18.3. The van der Waals surface area contributed by atoms with Crippen LogP contribution in [-0.2, 0) is 19.7 Å². The molecule has 0 aliphatic heterocycles. The molecule has 0 aromatic heterocycles. The molecule has 6 aromatic carbocycles. The molecule has 0 spiro atoms. The van der Waals surface area contributed by atoms with Crippen LogP contribution < -0.4 is 14.2 Å². The molecule has 0 aliphatic rings. The molecule has 0 saturated carbocycles. The Morgan fingerprint density at radius 1 is 0.472 bits per heavy atom. The van der Waals surface area contributed by atoms with Crippen molar-refractivity contribution in [1.29, 1.82) is 0 Å². The molecule has 4 atom stereocenters. The largest absolute Gasteiger partial charge is 0.465 e. The van der Waals surface area contributed by atoms with Gasteiger partial charge in [-0.1, -0.05) is 99.5 Å². The van der Waals surface area contributed by atoms with Crippen molar-refractivity contribution in [2.24, 2.45) is 5.41 Å². The first-order valence-electron chi connectivity index (χ1n) is 24.2. The third-order valence-corrected chi connectivity index (χ3v) is 13.5. The smallest absolute Gasteiger partial charge is 0.320 e. The summed E-state index contributed by atoms with van der Waals surface area (Å²) in [5.74, 6) is 0.537. The Bertz CT molecular complexity index is 2670. The first kappa shape index (κ1) is 53.4. The fourth-order valence-corrected chi connectivity index (χ4v) is 9.23. The number of hydrogen-bond acceptors (Lipinski definition) is 12. The highest BCUT2D eigenvalue weighted by molar-refractivity contribution is 6.03. The Balaban J connectivity index is 1.27. The van der Waals surface area contributed by atoms with Crippen LogP contribution in [0.2, 0.25) is 0 Å². The predicted molar refractivity (Wildman–Crippen MR) is 273 cm³/mol. The van der Waals surface area contributed by atoms with Crippen molar-refractivity contribution in [1.82, 2.24) is 0 Å². The zero-order valence-corrected chi connectivity index (χ0v) is 41.5. The van der Waals surface area contributed by atoms with E-state index < -0.39 is 40.0 Å². The molecule has 0 fully saturated rings. The number of carbonyl (C=O) groups excluding carboxylic acids is 2. The lowest BCUT2D eigenvalue weighted by atomic mass is 9.70. The van der Waals surface area contributed by atoms with E-state index in [2.05, 4.69) is 6.92 Å². The number of hydrogen-bond donors (Lipinski definition) is 0. The Labute approximate surface area is 419 Å². The van der Waals surface area contributed by atoms with E-state index in [1.807, 2.05) is 135 Å². The second kappa shape index (κ2) is 24.3. The van der Waals surface area contributed by atoms with Crippen molar-refractivity contribution in [2.75, 3.05) is 26.2 Å². The van der Waals surface area contributed by atoms with Gasteiger partial charge in [0.15, 0.2) is 0 Å². The summed E-state index contributed by atoms with van der Waals surface area (Å²) in [4.78, 5) is 59.3. The molecule has 0 amide bonds. The van der Waals surface area contributed by atoms with Gasteiger partial charge in [-0.2, -0.15) is 0 Å². The van der Waals surface area contributed by atoms with Crippen LogP contribution in [0.4, 0.5) is 0 Å². The van der Waals surface area contributed by atoms with E-state index in [9.17, 15) is 39.9 Å². The third-order valence-electron chi connectivity index (χ3n) is 13.5. The summed E-state index contributed by atoms with van der Waals surface area (Å²) in [6, 6.07) is 44.6. The van der Waals surface area contributed by atoms with Gasteiger partial charge >= 0.3 is 5.97 Å². The van der Waals surface area contributed by atoms with Gasteiger partial charge < -0.3 is 18.9 Å². The van der Waals surface area contributed by atoms with Gasteiger partial charge in [0, 0.05) is 32.0 Å². The Hall–Kier alpha value is -7.94.